The summed E-state index contributed by atoms with van der Waals surface area (Å²) < 4.78 is 0.785. The minimum atomic E-state index is -1.02. The van der Waals surface area contributed by atoms with Gasteiger partial charge in [0.05, 0.1) is 28.5 Å². The number of ketones is 2. The SMILES string of the molecule is Cc1cc([N+](=O)[O-])ccc1N1C(=O)[C@@H]2[C@H](C1=O)[C@@H]1C=C(C(=O)c3ccccc3)C=CN1[C@@H]2C(=O)c1ccc(Br)cc1. The van der Waals surface area contributed by atoms with E-state index in [0.717, 1.165) is 9.37 Å². The summed E-state index contributed by atoms with van der Waals surface area (Å²) in [6.45, 7) is 1.59. The number of hydrogen-bond acceptors (Lipinski definition) is 7. The van der Waals surface area contributed by atoms with Gasteiger partial charge in [-0.3, -0.25) is 29.3 Å². The fraction of sp³-hybridized carbons (Fsp3) is 0.161. The van der Waals surface area contributed by atoms with E-state index < -0.39 is 40.7 Å². The summed E-state index contributed by atoms with van der Waals surface area (Å²) in [4.78, 5) is 68.7. The summed E-state index contributed by atoms with van der Waals surface area (Å²) in [6.07, 6.45) is 4.91. The third-order valence-electron chi connectivity index (χ3n) is 7.88. The Morgan fingerprint density at radius 2 is 1.59 bits per heavy atom. The van der Waals surface area contributed by atoms with E-state index >= 15 is 0 Å². The molecule has 3 aliphatic rings. The highest BCUT2D eigenvalue weighted by atomic mass is 79.9. The first-order valence-corrected chi connectivity index (χ1v) is 13.7. The van der Waals surface area contributed by atoms with Crippen molar-refractivity contribution in [2.45, 2.75) is 19.0 Å². The van der Waals surface area contributed by atoms with Crippen LogP contribution in [0.15, 0.2) is 101 Å². The lowest BCUT2D eigenvalue weighted by Gasteiger charge is -2.33. The fourth-order valence-electron chi connectivity index (χ4n) is 5.98. The Bertz CT molecular complexity index is 1700. The third kappa shape index (κ3) is 4.31. The van der Waals surface area contributed by atoms with Gasteiger partial charge in [-0.2, -0.15) is 0 Å². The van der Waals surface area contributed by atoms with Gasteiger partial charge in [0.1, 0.15) is 6.04 Å². The Kier molecular flexibility index (Phi) is 6.50. The van der Waals surface area contributed by atoms with Gasteiger partial charge in [-0.25, -0.2) is 4.90 Å². The Hall–Kier alpha value is -4.70. The highest BCUT2D eigenvalue weighted by Gasteiger charge is 2.63. The number of amides is 2. The number of rotatable bonds is 6. The number of carbonyl (C=O) groups excluding carboxylic acids is 4. The predicted octanol–water partition coefficient (Wildman–Crippen LogP) is 5.04. The molecule has 0 N–H and O–H groups in total. The minimum absolute atomic E-state index is 0.163. The van der Waals surface area contributed by atoms with Gasteiger partial charge >= 0.3 is 0 Å². The van der Waals surface area contributed by atoms with Crippen molar-refractivity contribution in [2.75, 3.05) is 4.90 Å². The van der Waals surface area contributed by atoms with Gasteiger partial charge in [-0.15, -0.1) is 0 Å². The van der Waals surface area contributed by atoms with E-state index in [0.29, 0.717) is 22.3 Å². The highest BCUT2D eigenvalue weighted by molar-refractivity contribution is 9.10. The number of benzene rings is 3. The van der Waals surface area contributed by atoms with Crippen LogP contribution < -0.4 is 4.90 Å². The molecule has 0 aromatic heterocycles. The summed E-state index contributed by atoms with van der Waals surface area (Å²) in [5, 5.41) is 11.3. The van der Waals surface area contributed by atoms with Crippen molar-refractivity contribution in [3.8, 4) is 0 Å². The third-order valence-corrected chi connectivity index (χ3v) is 8.40. The van der Waals surface area contributed by atoms with Crippen LogP contribution in [0.3, 0.4) is 0 Å². The smallest absolute Gasteiger partial charge is 0.269 e. The Labute approximate surface area is 243 Å². The molecule has 3 aliphatic heterocycles. The van der Waals surface area contributed by atoms with Crippen LogP contribution in [0.25, 0.3) is 0 Å². The molecular formula is C31H22BrN3O6. The molecule has 9 nitrogen and oxygen atoms in total. The lowest BCUT2D eigenvalue weighted by atomic mass is 9.85. The van der Waals surface area contributed by atoms with Gasteiger partial charge in [0.15, 0.2) is 11.6 Å². The molecule has 6 rings (SSSR count). The number of halogens is 1. The number of nitro benzene ring substituents is 1. The van der Waals surface area contributed by atoms with Gasteiger partial charge in [0.2, 0.25) is 11.8 Å². The molecule has 3 heterocycles. The number of fused-ring (bicyclic) bond motifs is 3. The van der Waals surface area contributed by atoms with Crippen molar-refractivity contribution in [2.24, 2.45) is 11.8 Å². The average Bonchev–Trinajstić information content (AvgIpc) is 3.44. The van der Waals surface area contributed by atoms with Crippen molar-refractivity contribution in [3.63, 3.8) is 0 Å². The molecule has 204 valence electrons. The van der Waals surface area contributed by atoms with E-state index in [9.17, 15) is 29.3 Å². The molecule has 0 radical (unpaired) electrons. The van der Waals surface area contributed by atoms with E-state index in [1.54, 1.807) is 84.8 Å². The van der Waals surface area contributed by atoms with E-state index in [1.165, 1.54) is 18.2 Å². The number of anilines is 1. The average molecular weight is 612 g/mol. The second-order valence-electron chi connectivity index (χ2n) is 10.2. The zero-order valence-electron chi connectivity index (χ0n) is 21.6. The highest BCUT2D eigenvalue weighted by Crippen LogP contribution is 2.47. The van der Waals surface area contributed by atoms with Gasteiger partial charge in [0.25, 0.3) is 5.69 Å². The molecular weight excluding hydrogens is 590 g/mol. The molecule has 0 unspecified atom stereocenters. The Morgan fingerprint density at radius 3 is 2.24 bits per heavy atom. The van der Waals surface area contributed by atoms with Crippen LogP contribution in [-0.2, 0) is 9.59 Å². The van der Waals surface area contributed by atoms with Crippen LogP contribution in [0.1, 0.15) is 26.3 Å². The second kappa shape index (κ2) is 10.0. The number of nitrogens with zero attached hydrogens (tertiary/aromatic N) is 3. The second-order valence-corrected chi connectivity index (χ2v) is 11.1. The van der Waals surface area contributed by atoms with E-state index in [1.807, 2.05) is 0 Å². The number of allylic oxidation sites excluding steroid dienone is 2. The van der Waals surface area contributed by atoms with Crippen molar-refractivity contribution in [1.29, 1.82) is 0 Å². The lowest BCUT2D eigenvalue weighted by Crippen LogP contribution is -2.46. The monoisotopic (exact) mass is 611 g/mol. The number of hydrogen-bond donors (Lipinski definition) is 0. The number of carbonyl (C=O) groups is 4. The van der Waals surface area contributed by atoms with Crippen LogP contribution in [0.4, 0.5) is 11.4 Å². The molecule has 2 saturated heterocycles. The number of imide groups is 1. The maximum Gasteiger partial charge on any atom is 0.269 e. The molecule has 10 heteroatoms. The first-order valence-electron chi connectivity index (χ1n) is 12.9. The summed E-state index contributed by atoms with van der Waals surface area (Å²) in [7, 11) is 0. The van der Waals surface area contributed by atoms with Crippen LogP contribution in [0, 0.1) is 28.9 Å². The normalized spacial score (nSPS) is 22.8. The Balaban J connectivity index is 1.44. The van der Waals surface area contributed by atoms with Gasteiger partial charge in [-0.05, 0) is 36.8 Å². The van der Waals surface area contributed by atoms with E-state index in [-0.39, 0.29) is 22.9 Å². The van der Waals surface area contributed by atoms with Crippen molar-refractivity contribution in [1.82, 2.24) is 4.90 Å². The Morgan fingerprint density at radius 1 is 0.902 bits per heavy atom. The zero-order chi connectivity index (χ0) is 29.0. The maximum atomic E-state index is 14.0. The minimum Gasteiger partial charge on any atom is -0.359 e. The first kappa shape index (κ1) is 26.5. The number of nitro groups is 1. The topological polar surface area (TPSA) is 118 Å². The quantitative estimate of drug-likeness (QED) is 0.166. The lowest BCUT2D eigenvalue weighted by molar-refractivity contribution is -0.384. The summed E-state index contributed by atoms with van der Waals surface area (Å²) in [5.41, 5.74) is 1.67. The van der Waals surface area contributed by atoms with E-state index in [2.05, 4.69) is 15.9 Å². The number of aryl methyl sites for hydroxylation is 1. The summed E-state index contributed by atoms with van der Waals surface area (Å²) in [5.74, 6) is -3.60. The van der Waals surface area contributed by atoms with Crippen molar-refractivity contribution >= 4 is 50.7 Å². The van der Waals surface area contributed by atoms with Crippen LogP contribution in [-0.4, -0.2) is 45.3 Å². The van der Waals surface area contributed by atoms with E-state index in [4.69, 9.17) is 0 Å². The number of non-ortho nitro benzene ring substituents is 1. The molecule has 0 saturated carbocycles. The van der Waals surface area contributed by atoms with Gasteiger partial charge in [-0.1, -0.05) is 64.5 Å². The predicted molar refractivity (Wildman–Crippen MR) is 153 cm³/mol. The van der Waals surface area contributed by atoms with Crippen LogP contribution in [0.2, 0.25) is 0 Å². The fourth-order valence-corrected chi connectivity index (χ4v) is 6.24. The molecule has 3 aromatic carbocycles. The van der Waals surface area contributed by atoms with Gasteiger partial charge in [0, 0.05) is 39.5 Å². The van der Waals surface area contributed by atoms with Crippen molar-refractivity contribution < 1.29 is 24.1 Å². The molecule has 0 spiro atoms. The largest absolute Gasteiger partial charge is 0.359 e. The molecule has 3 aromatic rings. The standard InChI is InChI=1S/C31H22BrN3O6/c1-17-15-22(35(40)41)11-12-23(17)34-30(38)25-24-16-20(28(36)18-5-3-2-4-6-18)13-14-33(24)27(26(25)31(34)39)29(37)19-7-9-21(32)10-8-19/h2-16,24-27H,1H3/t24-,25+,26+,27-/m0/s1. The molecule has 4 atom stereocenters. The van der Waals surface area contributed by atoms with Gasteiger partial charge < -0.3 is 4.90 Å². The molecule has 2 fully saturated rings. The maximum absolute atomic E-state index is 14.0. The molecule has 0 aliphatic carbocycles. The summed E-state index contributed by atoms with van der Waals surface area (Å²) >= 11 is 3.37. The van der Waals surface area contributed by atoms with Crippen molar-refractivity contribution in [3.05, 3.63) is 128 Å². The molecule has 41 heavy (non-hydrogen) atoms. The zero-order valence-corrected chi connectivity index (χ0v) is 23.2. The van der Waals surface area contributed by atoms with Crippen LogP contribution >= 0.6 is 15.9 Å². The first-order chi connectivity index (χ1) is 19.7. The number of Topliss-reactive ketones (excluding diaryl/α,β-unsaturated/α-hetero) is 2. The molecule has 0 bridgehead atoms. The summed E-state index contributed by atoms with van der Waals surface area (Å²) in [6, 6.07) is 17.7. The molecule has 2 amide bonds. The van der Waals surface area contributed by atoms with Crippen LogP contribution in [0.5, 0.6) is 0 Å².